The fourth-order valence-electron chi connectivity index (χ4n) is 1.96. The largest absolute Gasteiger partial charge is 0.383 e. The zero-order valence-electron chi connectivity index (χ0n) is 12.1. The lowest BCUT2D eigenvalue weighted by Gasteiger charge is -2.13. The van der Waals surface area contributed by atoms with Crippen LogP contribution in [0, 0.1) is 6.92 Å². The number of H-pyrrole nitrogens is 1. The second-order valence-electron chi connectivity index (χ2n) is 4.72. The third kappa shape index (κ3) is 3.52. The molecule has 0 saturated carbocycles. The summed E-state index contributed by atoms with van der Waals surface area (Å²) < 4.78 is 1.39. The van der Waals surface area contributed by atoms with Gasteiger partial charge in [0.2, 0.25) is 0 Å². The Bertz CT molecular complexity index is 731. The number of rotatable bonds is 6. The molecule has 0 aromatic carbocycles. The lowest BCUT2D eigenvalue weighted by atomic mass is 10.3. The van der Waals surface area contributed by atoms with Gasteiger partial charge in [0.25, 0.3) is 5.56 Å². The molecule has 0 aliphatic rings. The molecular formula is C13H19N5O2S. The number of anilines is 2. The standard InChI is InChI=1S/C13H19N5O2S/c1-3-4-5-18-11(14)10(12(19)17-13(18)20)16-7-9-6-15-8(2)21-9/h6,16H,3-5,7,14H2,1-2H3,(H,17,19,20). The zero-order valence-corrected chi connectivity index (χ0v) is 12.9. The number of nitrogens with two attached hydrogens (primary N) is 1. The van der Waals surface area contributed by atoms with E-state index >= 15 is 0 Å². The van der Waals surface area contributed by atoms with E-state index in [1.807, 2.05) is 13.8 Å². The molecule has 0 amide bonds. The quantitative estimate of drug-likeness (QED) is 0.745. The summed E-state index contributed by atoms with van der Waals surface area (Å²) in [5, 5.41) is 3.96. The molecule has 0 spiro atoms. The molecular weight excluding hydrogens is 290 g/mol. The zero-order chi connectivity index (χ0) is 15.4. The third-order valence-corrected chi connectivity index (χ3v) is 4.00. The first-order valence-electron chi connectivity index (χ1n) is 6.80. The summed E-state index contributed by atoms with van der Waals surface area (Å²) >= 11 is 1.54. The first kappa shape index (κ1) is 15.3. The maximum atomic E-state index is 11.9. The van der Waals surface area contributed by atoms with Gasteiger partial charge in [0.05, 0.1) is 11.6 Å². The summed E-state index contributed by atoms with van der Waals surface area (Å²) in [6.45, 7) is 4.88. The van der Waals surface area contributed by atoms with Crippen LogP contribution in [0.25, 0.3) is 0 Å². The maximum absolute atomic E-state index is 11.9. The highest BCUT2D eigenvalue weighted by Gasteiger charge is 2.12. The number of hydrogen-bond donors (Lipinski definition) is 3. The minimum absolute atomic E-state index is 0.179. The normalized spacial score (nSPS) is 10.8. The van der Waals surface area contributed by atoms with Crippen molar-refractivity contribution in [3.8, 4) is 0 Å². The SMILES string of the molecule is CCCCn1c(N)c(NCc2cnc(C)s2)c(=O)[nH]c1=O. The van der Waals surface area contributed by atoms with Crippen LogP contribution in [0.5, 0.6) is 0 Å². The highest BCUT2D eigenvalue weighted by molar-refractivity contribution is 7.11. The van der Waals surface area contributed by atoms with Crippen LogP contribution in [0.2, 0.25) is 0 Å². The van der Waals surface area contributed by atoms with E-state index in [1.54, 1.807) is 17.5 Å². The lowest BCUT2D eigenvalue weighted by molar-refractivity contribution is 0.605. The summed E-state index contributed by atoms with van der Waals surface area (Å²) in [5.74, 6) is 0.179. The number of aryl methyl sites for hydroxylation is 1. The molecule has 2 aromatic heterocycles. The molecule has 2 heterocycles. The smallest absolute Gasteiger partial charge is 0.330 e. The maximum Gasteiger partial charge on any atom is 0.330 e. The summed E-state index contributed by atoms with van der Waals surface area (Å²) in [6, 6.07) is 0. The van der Waals surface area contributed by atoms with E-state index in [0.29, 0.717) is 13.1 Å². The minimum Gasteiger partial charge on any atom is -0.383 e. The van der Waals surface area contributed by atoms with Crippen LogP contribution in [-0.4, -0.2) is 14.5 Å². The Morgan fingerprint density at radius 2 is 2.24 bits per heavy atom. The van der Waals surface area contributed by atoms with E-state index in [4.69, 9.17) is 5.73 Å². The van der Waals surface area contributed by atoms with Gasteiger partial charge in [-0.05, 0) is 13.3 Å². The van der Waals surface area contributed by atoms with E-state index < -0.39 is 11.2 Å². The van der Waals surface area contributed by atoms with Crippen molar-refractivity contribution in [3.63, 3.8) is 0 Å². The summed E-state index contributed by atoms with van der Waals surface area (Å²) in [4.78, 5) is 31.1. The van der Waals surface area contributed by atoms with Crippen molar-refractivity contribution in [2.24, 2.45) is 0 Å². The number of aromatic nitrogens is 3. The van der Waals surface area contributed by atoms with Crippen LogP contribution in [0.4, 0.5) is 11.5 Å². The predicted octanol–water partition coefficient (Wildman–Crippen LogP) is 1.30. The van der Waals surface area contributed by atoms with Crippen LogP contribution in [0.15, 0.2) is 15.8 Å². The Morgan fingerprint density at radius 1 is 1.48 bits per heavy atom. The molecule has 7 nitrogen and oxygen atoms in total. The summed E-state index contributed by atoms with van der Waals surface area (Å²) in [5.41, 5.74) is 5.24. The van der Waals surface area contributed by atoms with Crippen molar-refractivity contribution in [2.45, 2.75) is 39.8 Å². The number of nitrogens with zero attached hydrogens (tertiary/aromatic N) is 2. The summed E-state index contributed by atoms with van der Waals surface area (Å²) in [7, 11) is 0. The Kier molecular flexibility index (Phi) is 4.79. The molecule has 0 fully saturated rings. The van der Waals surface area contributed by atoms with Crippen molar-refractivity contribution >= 4 is 22.8 Å². The molecule has 0 bridgehead atoms. The Labute approximate surface area is 125 Å². The fourth-order valence-corrected chi connectivity index (χ4v) is 2.69. The molecule has 0 aliphatic carbocycles. The minimum atomic E-state index is -0.494. The lowest BCUT2D eigenvalue weighted by Crippen LogP contribution is -2.34. The second kappa shape index (κ2) is 6.57. The summed E-state index contributed by atoms with van der Waals surface area (Å²) in [6.07, 6.45) is 3.52. The highest BCUT2D eigenvalue weighted by atomic mass is 32.1. The first-order valence-corrected chi connectivity index (χ1v) is 7.62. The third-order valence-electron chi connectivity index (χ3n) is 3.08. The Morgan fingerprint density at radius 3 is 2.86 bits per heavy atom. The topological polar surface area (TPSA) is 106 Å². The first-order chi connectivity index (χ1) is 10.0. The van der Waals surface area contributed by atoms with E-state index in [1.165, 1.54) is 4.57 Å². The molecule has 8 heteroatoms. The van der Waals surface area contributed by atoms with Crippen LogP contribution in [-0.2, 0) is 13.1 Å². The molecule has 2 rings (SSSR count). The van der Waals surface area contributed by atoms with Crippen LogP contribution < -0.4 is 22.3 Å². The number of thiazole rings is 1. The van der Waals surface area contributed by atoms with Gasteiger partial charge in [-0.25, -0.2) is 9.78 Å². The van der Waals surface area contributed by atoms with E-state index in [2.05, 4.69) is 15.3 Å². The van der Waals surface area contributed by atoms with Gasteiger partial charge in [-0.3, -0.25) is 14.3 Å². The monoisotopic (exact) mass is 309 g/mol. The second-order valence-corrected chi connectivity index (χ2v) is 6.04. The van der Waals surface area contributed by atoms with Gasteiger partial charge >= 0.3 is 5.69 Å². The fraction of sp³-hybridized carbons (Fsp3) is 0.462. The number of unbranched alkanes of at least 4 members (excludes halogenated alkanes) is 1. The average Bonchev–Trinajstić information content (AvgIpc) is 2.84. The van der Waals surface area contributed by atoms with E-state index in [0.717, 1.165) is 22.7 Å². The van der Waals surface area contributed by atoms with Gasteiger partial charge < -0.3 is 11.1 Å². The molecule has 4 N–H and O–H groups in total. The number of nitrogens with one attached hydrogen (secondary N) is 2. The molecule has 0 radical (unpaired) electrons. The molecule has 0 saturated heterocycles. The van der Waals surface area contributed by atoms with Crippen LogP contribution >= 0.6 is 11.3 Å². The molecule has 0 aliphatic heterocycles. The number of hydrogen-bond acceptors (Lipinski definition) is 6. The van der Waals surface area contributed by atoms with Crippen molar-refractivity contribution in [2.75, 3.05) is 11.1 Å². The van der Waals surface area contributed by atoms with E-state index in [9.17, 15) is 9.59 Å². The molecule has 114 valence electrons. The van der Waals surface area contributed by atoms with E-state index in [-0.39, 0.29) is 11.5 Å². The van der Waals surface area contributed by atoms with Gasteiger partial charge in [-0.1, -0.05) is 13.3 Å². The van der Waals surface area contributed by atoms with Gasteiger partial charge in [0.15, 0.2) is 0 Å². The van der Waals surface area contributed by atoms with Crippen molar-refractivity contribution < 1.29 is 0 Å². The Balaban J connectivity index is 2.26. The Hall–Kier alpha value is -2.09. The molecule has 0 unspecified atom stereocenters. The number of nitrogen functional groups attached to an aromatic ring is 1. The molecule has 0 atom stereocenters. The highest BCUT2D eigenvalue weighted by Crippen LogP contribution is 2.16. The average molecular weight is 309 g/mol. The van der Waals surface area contributed by atoms with Crippen molar-refractivity contribution in [1.82, 2.24) is 14.5 Å². The van der Waals surface area contributed by atoms with Gasteiger partial charge in [0.1, 0.15) is 11.5 Å². The van der Waals surface area contributed by atoms with Crippen molar-refractivity contribution in [1.29, 1.82) is 0 Å². The predicted molar refractivity (Wildman–Crippen MR) is 84.8 cm³/mol. The van der Waals surface area contributed by atoms with Gasteiger partial charge in [0, 0.05) is 17.6 Å². The molecule has 2 aromatic rings. The number of aromatic amines is 1. The van der Waals surface area contributed by atoms with Crippen molar-refractivity contribution in [3.05, 3.63) is 36.9 Å². The molecule has 21 heavy (non-hydrogen) atoms. The van der Waals surface area contributed by atoms with Crippen LogP contribution in [0.3, 0.4) is 0 Å². The van der Waals surface area contributed by atoms with Gasteiger partial charge in [-0.15, -0.1) is 11.3 Å². The van der Waals surface area contributed by atoms with Crippen LogP contribution in [0.1, 0.15) is 29.7 Å². The van der Waals surface area contributed by atoms with Gasteiger partial charge in [-0.2, -0.15) is 0 Å².